The molecule has 2 aliphatic rings. The van der Waals surface area contributed by atoms with Crippen molar-refractivity contribution < 1.29 is 9.18 Å². The van der Waals surface area contributed by atoms with Crippen molar-refractivity contribution in [2.75, 3.05) is 0 Å². The van der Waals surface area contributed by atoms with Crippen LogP contribution in [0.15, 0.2) is 48.1 Å². The molecule has 3 rings (SSSR count). The molecule has 0 aromatic heterocycles. The zero-order valence-electron chi connectivity index (χ0n) is 12.1. The number of carbonyl (C=O) groups excluding carboxylic acids is 1. The zero-order chi connectivity index (χ0) is 15.7. The highest BCUT2D eigenvalue weighted by atomic mass is 35.5. The number of fused-ring (bicyclic) bond motifs is 1. The smallest absolute Gasteiger partial charge is 0.201 e. The molecule has 0 aliphatic heterocycles. The number of allylic oxidation sites excluding steroid dienone is 4. The lowest BCUT2D eigenvalue weighted by atomic mass is 9.70. The number of benzene rings is 1. The summed E-state index contributed by atoms with van der Waals surface area (Å²) in [4.78, 5) is 12.7. The monoisotopic (exact) mass is 314 g/mol. The van der Waals surface area contributed by atoms with Crippen LogP contribution in [0.25, 0.3) is 0 Å². The lowest BCUT2D eigenvalue weighted by molar-refractivity contribution is 0.0563. The third-order valence-corrected chi connectivity index (χ3v) is 4.76. The normalized spacial score (nSPS) is 28.5. The Labute approximate surface area is 134 Å². The first-order valence-electron chi connectivity index (χ1n) is 7.36. The van der Waals surface area contributed by atoms with Crippen LogP contribution in [-0.4, -0.2) is 16.8 Å². The highest BCUT2D eigenvalue weighted by Crippen LogP contribution is 2.41. The van der Waals surface area contributed by atoms with E-state index in [1.54, 1.807) is 24.3 Å². The summed E-state index contributed by atoms with van der Waals surface area (Å²) in [6, 6.07) is 7.17. The number of hydrogen-bond donors (Lipinski definition) is 0. The van der Waals surface area contributed by atoms with E-state index in [1.807, 2.05) is 18.2 Å². The predicted octanol–water partition coefficient (Wildman–Crippen LogP) is 4.27. The van der Waals surface area contributed by atoms with Crippen LogP contribution in [0.1, 0.15) is 28.8 Å². The van der Waals surface area contributed by atoms with Gasteiger partial charge in [-0.05, 0) is 30.4 Å². The van der Waals surface area contributed by atoms with Crippen molar-refractivity contribution in [1.29, 1.82) is 0 Å². The lowest BCUT2D eigenvalue weighted by Crippen LogP contribution is -2.45. The predicted molar refractivity (Wildman–Crippen MR) is 86.7 cm³/mol. The van der Waals surface area contributed by atoms with Crippen LogP contribution in [0, 0.1) is 18.3 Å². The van der Waals surface area contributed by atoms with Gasteiger partial charge in [-0.25, -0.2) is 4.39 Å². The Morgan fingerprint density at radius 1 is 1.41 bits per heavy atom. The number of aryl methyl sites for hydroxylation is 1. The van der Waals surface area contributed by atoms with Crippen LogP contribution in [0.5, 0.6) is 0 Å². The van der Waals surface area contributed by atoms with Crippen LogP contribution < -0.4 is 0 Å². The first kappa shape index (κ1) is 15.1. The average Bonchev–Trinajstić information content (AvgIpc) is 2.54. The molecule has 1 aromatic carbocycles. The molecular formula is C19H16ClFO. The Balaban J connectivity index is 1.98. The van der Waals surface area contributed by atoms with E-state index in [1.165, 1.54) is 0 Å². The minimum Gasteiger partial charge on any atom is -0.290 e. The Morgan fingerprint density at radius 2 is 2.18 bits per heavy atom. The molecule has 0 fully saturated rings. The summed E-state index contributed by atoms with van der Waals surface area (Å²) in [5, 5.41) is -0.0967. The van der Waals surface area contributed by atoms with Gasteiger partial charge in [0.25, 0.3) is 0 Å². The van der Waals surface area contributed by atoms with Gasteiger partial charge >= 0.3 is 0 Å². The fourth-order valence-corrected chi connectivity index (χ4v) is 3.37. The molecule has 0 spiro atoms. The Kier molecular flexibility index (Phi) is 3.93. The van der Waals surface area contributed by atoms with Crippen molar-refractivity contribution in [3.05, 3.63) is 59.2 Å². The van der Waals surface area contributed by atoms with Crippen LogP contribution in [0.2, 0.25) is 0 Å². The summed E-state index contributed by atoms with van der Waals surface area (Å²) >= 11 is 6.00. The van der Waals surface area contributed by atoms with Gasteiger partial charge in [0.1, 0.15) is 0 Å². The molecule has 22 heavy (non-hydrogen) atoms. The third-order valence-electron chi connectivity index (χ3n) is 4.43. The first-order valence-corrected chi connectivity index (χ1v) is 7.80. The topological polar surface area (TPSA) is 17.1 Å². The van der Waals surface area contributed by atoms with Gasteiger partial charge in [-0.2, -0.15) is 0 Å². The van der Waals surface area contributed by atoms with E-state index in [0.717, 1.165) is 5.56 Å². The molecule has 0 radical (unpaired) electrons. The molecule has 0 amide bonds. The van der Waals surface area contributed by atoms with E-state index < -0.39 is 17.4 Å². The maximum Gasteiger partial charge on any atom is 0.201 e. The molecule has 0 saturated carbocycles. The zero-order valence-corrected chi connectivity index (χ0v) is 12.8. The third kappa shape index (κ3) is 2.40. The van der Waals surface area contributed by atoms with E-state index in [2.05, 4.69) is 5.92 Å². The quantitative estimate of drug-likeness (QED) is 0.588. The van der Waals surface area contributed by atoms with Gasteiger partial charge < -0.3 is 0 Å². The fraction of sp³-hybridized carbons (Fsp3) is 0.316. The Bertz CT molecular complexity index is 712. The number of terminal acetylenes is 1. The second-order valence-corrected chi connectivity index (χ2v) is 6.32. The van der Waals surface area contributed by atoms with Crippen molar-refractivity contribution in [3.63, 3.8) is 0 Å². The minimum atomic E-state index is -2.04. The van der Waals surface area contributed by atoms with Gasteiger partial charge in [0, 0.05) is 5.56 Å². The van der Waals surface area contributed by atoms with E-state index in [-0.39, 0.29) is 11.8 Å². The molecule has 1 aromatic rings. The van der Waals surface area contributed by atoms with Crippen LogP contribution in [0.4, 0.5) is 4.39 Å². The number of rotatable bonds is 2. The number of carbonyl (C=O) groups is 1. The van der Waals surface area contributed by atoms with E-state index in [9.17, 15) is 4.79 Å². The van der Waals surface area contributed by atoms with E-state index >= 15 is 4.39 Å². The molecule has 1 nitrogen and oxygen atoms in total. The molecule has 1 unspecified atom stereocenters. The molecule has 3 heteroatoms. The van der Waals surface area contributed by atoms with Gasteiger partial charge in [-0.1, -0.05) is 48.4 Å². The summed E-state index contributed by atoms with van der Waals surface area (Å²) < 4.78 is 15.6. The lowest BCUT2D eigenvalue weighted by Gasteiger charge is -2.35. The fourth-order valence-electron chi connectivity index (χ4n) is 3.21. The number of ketones is 1. The standard InChI is InChI=1S/C19H16ClFO/c1-2-17(14-7-9-15(20)10-8-14)19(21)12-11-13-5-3-4-6-16(13)18(19)22/h1,3-9,15,17H,10-12H2/t15?,17-,19-/m1/s1. The highest BCUT2D eigenvalue weighted by Gasteiger charge is 2.49. The largest absolute Gasteiger partial charge is 0.290 e. The molecule has 0 heterocycles. The van der Waals surface area contributed by atoms with E-state index in [4.69, 9.17) is 18.0 Å². The Morgan fingerprint density at radius 3 is 2.86 bits per heavy atom. The molecule has 112 valence electrons. The van der Waals surface area contributed by atoms with Crippen molar-refractivity contribution in [1.82, 2.24) is 0 Å². The molecular weight excluding hydrogens is 299 g/mol. The van der Waals surface area contributed by atoms with Crippen LogP contribution >= 0.6 is 11.6 Å². The average molecular weight is 315 g/mol. The SMILES string of the molecule is C#C[C@H](C1=CCC(Cl)C=C1)[C@]1(F)CCc2ccccc2C1=O. The maximum atomic E-state index is 15.6. The van der Waals surface area contributed by atoms with E-state index in [0.29, 0.717) is 24.0 Å². The number of Topliss-reactive ketones (excluding diaryl/α,β-unsaturated/α-hetero) is 1. The van der Waals surface area contributed by atoms with Gasteiger partial charge in [0.05, 0.1) is 11.3 Å². The molecule has 2 aliphatic carbocycles. The number of alkyl halides is 2. The van der Waals surface area contributed by atoms with Crippen molar-refractivity contribution in [2.24, 2.45) is 5.92 Å². The maximum absolute atomic E-state index is 15.6. The second kappa shape index (κ2) is 5.74. The van der Waals surface area contributed by atoms with Crippen LogP contribution in [-0.2, 0) is 6.42 Å². The number of halogens is 2. The number of hydrogen-bond acceptors (Lipinski definition) is 1. The Hall–Kier alpha value is -1.85. The molecule has 3 atom stereocenters. The summed E-state index contributed by atoms with van der Waals surface area (Å²) in [6.07, 6.45) is 12.2. The second-order valence-electron chi connectivity index (χ2n) is 5.76. The first-order chi connectivity index (χ1) is 10.6. The summed E-state index contributed by atoms with van der Waals surface area (Å²) in [5.74, 6) is 1.13. The van der Waals surface area contributed by atoms with Gasteiger partial charge in [-0.15, -0.1) is 18.0 Å². The minimum absolute atomic E-state index is 0.0967. The highest BCUT2D eigenvalue weighted by molar-refractivity contribution is 6.22. The summed E-state index contributed by atoms with van der Waals surface area (Å²) in [6.45, 7) is 0. The van der Waals surface area contributed by atoms with Crippen molar-refractivity contribution >= 4 is 17.4 Å². The van der Waals surface area contributed by atoms with Gasteiger partial charge in [-0.3, -0.25) is 4.79 Å². The van der Waals surface area contributed by atoms with Gasteiger partial charge in [0.15, 0.2) is 5.67 Å². The van der Waals surface area contributed by atoms with Crippen molar-refractivity contribution in [2.45, 2.75) is 30.3 Å². The van der Waals surface area contributed by atoms with Crippen molar-refractivity contribution in [3.8, 4) is 12.3 Å². The molecule has 0 saturated heterocycles. The summed E-state index contributed by atoms with van der Waals surface area (Å²) in [7, 11) is 0. The molecule has 0 bridgehead atoms. The van der Waals surface area contributed by atoms with Gasteiger partial charge in [0.2, 0.25) is 5.78 Å². The summed E-state index contributed by atoms with van der Waals surface area (Å²) in [5.41, 5.74) is -0.0226. The van der Waals surface area contributed by atoms with Crippen LogP contribution in [0.3, 0.4) is 0 Å². The molecule has 0 N–H and O–H groups in total.